The molecule has 72 valence electrons. The molecule has 1 aliphatic heterocycles. The van der Waals surface area contributed by atoms with Gasteiger partial charge in [0, 0.05) is 18.4 Å². The molecule has 1 aromatic rings. The van der Waals surface area contributed by atoms with Gasteiger partial charge in [-0.2, -0.15) is 5.10 Å². The van der Waals surface area contributed by atoms with Crippen LogP contribution in [0.1, 0.15) is 18.4 Å². The Morgan fingerprint density at radius 3 is 3.23 bits per heavy atom. The Hall–Kier alpha value is -0.870. The first-order valence-corrected chi connectivity index (χ1v) is 4.62. The van der Waals surface area contributed by atoms with Gasteiger partial charge in [-0.25, -0.2) is 0 Å². The van der Waals surface area contributed by atoms with Crippen molar-refractivity contribution < 1.29 is 9.84 Å². The number of hydrogen-bond donors (Lipinski definition) is 1. The number of nitrogens with zero attached hydrogens (tertiary/aromatic N) is 2. The lowest BCUT2D eigenvalue weighted by atomic mass is 10.2. The van der Waals surface area contributed by atoms with Gasteiger partial charge in [-0.05, 0) is 12.8 Å². The van der Waals surface area contributed by atoms with E-state index >= 15 is 0 Å². The van der Waals surface area contributed by atoms with Gasteiger partial charge in [0.05, 0.1) is 25.5 Å². The summed E-state index contributed by atoms with van der Waals surface area (Å²) in [5, 5.41) is 13.0. The predicted octanol–water partition coefficient (Wildman–Crippen LogP) is 0.554. The van der Waals surface area contributed by atoms with E-state index in [-0.39, 0.29) is 6.61 Å². The van der Waals surface area contributed by atoms with Crippen LogP contribution < -0.4 is 0 Å². The van der Waals surface area contributed by atoms with Gasteiger partial charge in [0.1, 0.15) is 0 Å². The maximum Gasteiger partial charge on any atom is 0.0771 e. The Bertz CT molecular complexity index is 266. The molecule has 0 amide bonds. The summed E-state index contributed by atoms with van der Waals surface area (Å²) in [7, 11) is 0. The minimum Gasteiger partial charge on any atom is -0.392 e. The van der Waals surface area contributed by atoms with Crippen LogP contribution in [-0.4, -0.2) is 27.6 Å². The zero-order valence-electron chi connectivity index (χ0n) is 7.52. The second kappa shape index (κ2) is 3.89. The van der Waals surface area contributed by atoms with Crippen LogP contribution in [0.3, 0.4) is 0 Å². The van der Waals surface area contributed by atoms with Gasteiger partial charge in [-0.15, -0.1) is 0 Å². The molecule has 1 atom stereocenters. The second-order valence-corrected chi connectivity index (χ2v) is 3.36. The lowest BCUT2D eigenvalue weighted by Gasteiger charge is -2.08. The Balaban J connectivity index is 1.92. The van der Waals surface area contributed by atoms with Gasteiger partial charge in [0.15, 0.2) is 0 Å². The van der Waals surface area contributed by atoms with Crippen LogP contribution >= 0.6 is 0 Å². The maximum absolute atomic E-state index is 8.83. The van der Waals surface area contributed by atoms with Crippen LogP contribution in [-0.2, 0) is 17.9 Å². The summed E-state index contributed by atoms with van der Waals surface area (Å²) in [5.74, 6) is 0. The molecular weight excluding hydrogens is 168 g/mol. The zero-order chi connectivity index (χ0) is 9.10. The van der Waals surface area contributed by atoms with Gasteiger partial charge in [-0.3, -0.25) is 4.68 Å². The molecular formula is C9H14N2O2. The standard InChI is InChI=1S/C9H14N2O2/c12-7-8-4-10-11(5-8)6-9-2-1-3-13-9/h4-5,9,12H,1-3,6-7H2. The molecule has 0 bridgehead atoms. The van der Waals surface area contributed by atoms with Crippen LogP contribution in [0.5, 0.6) is 0 Å². The van der Waals surface area contributed by atoms with Crippen molar-refractivity contribution in [3.8, 4) is 0 Å². The lowest BCUT2D eigenvalue weighted by molar-refractivity contribution is 0.0939. The minimum absolute atomic E-state index is 0.0610. The molecule has 1 aliphatic rings. The van der Waals surface area contributed by atoms with E-state index in [2.05, 4.69) is 5.10 Å². The van der Waals surface area contributed by atoms with Crippen LogP contribution in [0.25, 0.3) is 0 Å². The summed E-state index contributed by atoms with van der Waals surface area (Å²) in [4.78, 5) is 0. The van der Waals surface area contributed by atoms with Gasteiger partial charge in [0.25, 0.3) is 0 Å². The summed E-state index contributed by atoms with van der Waals surface area (Å²) in [6.45, 7) is 1.74. The Labute approximate surface area is 77.1 Å². The van der Waals surface area contributed by atoms with Crippen LogP contribution in [0.4, 0.5) is 0 Å². The lowest BCUT2D eigenvalue weighted by Crippen LogP contribution is -2.15. The number of aromatic nitrogens is 2. The highest BCUT2D eigenvalue weighted by Crippen LogP contribution is 2.13. The van der Waals surface area contributed by atoms with E-state index in [9.17, 15) is 0 Å². The quantitative estimate of drug-likeness (QED) is 0.742. The van der Waals surface area contributed by atoms with Crippen LogP contribution in [0.15, 0.2) is 12.4 Å². The van der Waals surface area contributed by atoms with Crippen LogP contribution in [0, 0.1) is 0 Å². The first-order valence-electron chi connectivity index (χ1n) is 4.62. The fourth-order valence-electron chi connectivity index (χ4n) is 1.58. The number of ether oxygens (including phenoxy) is 1. The van der Waals surface area contributed by atoms with Crippen molar-refractivity contribution in [3.63, 3.8) is 0 Å². The van der Waals surface area contributed by atoms with E-state index in [1.54, 1.807) is 6.20 Å². The van der Waals surface area contributed by atoms with Gasteiger partial charge in [0.2, 0.25) is 0 Å². The number of aliphatic hydroxyl groups is 1. The molecule has 1 saturated heterocycles. The molecule has 0 aliphatic carbocycles. The van der Waals surface area contributed by atoms with E-state index in [1.807, 2.05) is 10.9 Å². The molecule has 0 radical (unpaired) electrons. The molecule has 1 N–H and O–H groups in total. The molecule has 0 aromatic carbocycles. The molecule has 2 rings (SSSR count). The van der Waals surface area contributed by atoms with Gasteiger partial charge < -0.3 is 9.84 Å². The maximum atomic E-state index is 8.83. The fourth-order valence-corrected chi connectivity index (χ4v) is 1.58. The highest BCUT2D eigenvalue weighted by atomic mass is 16.5. The van der Waals surface area contributed by atoms with E-state index in [0.717, 1.165) is 31.6 Å². The largest absolute Gasteiger partial charge is 0.392 e. The van der Waals surface area contributed by atoms with E-state index in [0.29, 0.717) is 6.10 Å². The molecule has 0 spiro atoms. The van der Waals surface area contributed by atoms with E-state index in [1.165, 1.54) is 0 Å². The van der Waals surface area contributed by atoms with Crippen molar-refractivity contribution in [2.24, 2.45) is 0 Å². The SMILES string of the molecule is OCc1cnn(CC2CCCO2)c1. The van der Waals surface area contributed by atoms with E-state index in [4.69, 9.17) is 9.84 Å². The average Bonchev–Trinajstić information content (AvgIpc) is 2.76. The molecule has 4 nitrogen and oxygen atoms in total. The van der Waals surface area contributed by atoms with Crippen LogP contribution in [0.2, 0.25) is 0 Å². The van der Waals surface area contributed by atoms with Gasteiger partial charge >= 0.3 is 0 Å². The van der Waals surface area contributed by atoms with Crippen molar-refractivity contribution in [2.75, 3.05) is 6.61 Å². The third kappa shape index (κ3) is 2.08. The molecule has 1 unspecified atom stereocenters. The fraction of sp³-hybridized carbons (Fsp3) is 0.667. The number of hydrogen-bond acceptors (Lipinski definition) is 3. The zero-order valence-corrected chi connectivity index (χ0v) is 7.52. The molecule has 2 heterocycles. The Morgan fingerprint density at radius 2 is 2.62 bits per heavy atom. The average molecular weight is 182 g/mol. The summed E-state index contributed by atoms with van der Waals surface area (Å²) >= 11 is 0. The molecule has 1 aromatic heterocycles. The van der Waals surface area contributed by atoms with Crippen molar-refractivity contribution in [3.05, 3.63) is 18.0 Å². The topological polar surface area (TPSA) is 47.3 Å². The summed E-state index contributed by atoms with van der Waals surface area (Å²) in [6, 6.07) is 0. The van der Waals surface area contributed by atoms with E-state index < -0.39 is 0 Å². The van der Waals surface area contributed by atoms with Crippen molar-refractivity contribution in [1.29, 1.82) is 0 Å². The minimum atomic E-state index is 0.0610. The first-order chi connectivity index (χ1) is 6.38. The third-order valence-corrected chi connectivity index (χ3v) is 2.28. The normalized spacial score (nSPS) is 22.4. The molecule has 1 fully saturated rings. The molecule has 13 heavy (non-hydrogen) atoms. The number of rotatable bonds is 3. The molecule has 0 saturated carbocycles. The highest BCUT2D eigenvalue weighted by molar-refractivity contribution is 5.01. The third-order valence-electron chi connectivity index (χ3n) is 2.28. The summed E-state index contributed by atoms with van der Waals surface area (Å²) in [5.41, 5.74) is 0.859. The summed E-state index contributed by atoms with van der Waals surface area (Å²) < 4.78 is 7.31. The first kappa shape index (κ1) is 8.72. The predicted molar refractivity (Wildman–Crippen MR) is 47.1 cm³/mol. The Kier molecular flexibility index (Phi) is 2.61. The smallest absolute Gasteiger partial charge is 0.0771 e. The number of aliphatic hydroxyl groups excluding tert-OH is 1. The summed E-state index contributed by atoms with van der Waals surface area (Å²) in [6.07, 6.45) is 6.13. The van der Waals surface area contributed by atoms with Crippen molar-refractivity contribution in [2.45, 2.75) is 32.1 Å². The second-order valence-electron chi connectivity index (χ2n) is 3.36. The van der Waals surface area contributed by atoms with Crippen molar-refractivity contribution >= 4 is 0 Å². The monoisotopic (exact) mass is 182 g/mol. The Morgan fingerprint density at radius 1 is 1.69 bits per heavy atom. The van der Waals surface area contributed by atoms with Gasteiger partial charge in [-0.1, -0.05) is 0 Å². The molecule has 4 heteroatoms. The van der Waals surface area contributed by atoms with Crippen molar-refractivity contribution in [1.82, 2.24) is 9.78 Å². The highest BCUT2D eigenvalue weighted by Gasteiger charge is 2.15.